The number of rotatable bonds is 3. The van der Waals surface area contributed by atoms with E-state index in [0.717, 1.165) is 18.2 Å². The maximum atomic E-state index is 4.26. The summed E-state index contributed by atoms with van der Waals surface area (Å²) in [7, 11) is 0. The van der Waals surface area contributed by atoms with Gasteiger partial charge in [0.1, 0.15) is 0 Å². The van der Waals surface area contributed by atoms with Gasteiger partial charge < -0.3 is 5.32 Å². The van der Waals surface area contributed by atoms with Gasteiger partial charge >= 0.3 is 0 Å². The summed E-state index contributed by atoms with van der Waals surface area (Å²) in [6, 6.07) is 8.33. The number of hydrogen-bond donors (Lipinski definition) is 1. The number of anilines is 1. The molecule has 4 heteroatoms. The predicted octanol–water partition coefficient (Wildman–Crippen LogP) is 2.91. The second-order valence-electron chi connectivity index (χ2n) is 3.13. The molecule has 0 spiro atoms. The summed E-state index contributed by atoms with van der Waals surface area (Å²) in [6.45, 7) is 2.94. The number of aromatic nitrogens is 2. The van der Waals surface area contributed by atoms with Crippen LogP contribution in [0.4, 0.5) is 5.95 Å². The second kappa shape index (κ2) is 4.65. The van der Waals surface area contributed by atoms with Crippen molar-refractivity contribution in [3.63, 3.8) is 0 Å². The van der Waals surface area contributed by atoms with Gasteiger partial charge in [0, 0.05) is 28.2 Å². The summed E-state index contributed by atoms with van der Waals surface area (Å²) < 4.78 is 3.27. The molecule has 15 heavy (non-hydrogen) atoms. The lowest BCUT2D eigenvalue weighted by atomic mass is 10.3. The fourth-order valence-corrected chi connectivity index (χ4v) is 1.95. The zero-order valence-electron chi connectivity index (χ0n) is 8.44. The van der Waals surface area contributed by atoms with Crippen LogP contribution in [0.25, 0.3) is 5.69 Å². The van der Waals surface area contributed by atoms with Crippen molar-refractivity contribution in [2.24, 2.45) is 0 Å². The van der Waals surface area contributed by atoms with E-state index in [4.69, 9.17) is 0 Å². The van der Waals surface area contributed by atoms with Gasteiger partial charge in [0.2, 0.25) is 5.95 Å². The van der Waals surface area contributed by atoms with E-state index < -0.39 is 0 Å². The molecule has 0 amide bonds. The average molecular weight is 313 g/mol. The topological polar surface area (TPSA) is 29.9 Å². The second-order valence-corrected chi connectivity index (χ2v) is 4.38. The van der Waals surface area contributed by atoms with Crippen LogP contribution in [0.5, 0.6) is 0 Å². The van der Waals surface area contributed by atoms with Gasteiger partial charge in [0.25, 0.3) is 0 Å². The zero-order chi connectivity index (χ0) is 10.7. The van der Waals surface area contributed by atoms with Crippen LogP contribution in [0.2, 0.25) is 0 Å². The first-order valence-corrected chi connectivity index (χ1v) is 5.92. The van der Waals surface area contributed by atoms with Crippen molar-refractivity contribution in [1.29, 1.82) is 0 Å². The van der Waals surface area contributed by atoms with Gasteiger partial charge in [-0.05, 0) is 47.7 Å². The largest absolute Gasteiger partial charge is 0.356 e. The Balaban J connectivity index is 2.40. The maximum absolute atomic E-state index is 4.26. The molecule has 78 valence electrons. The molecule has 2 aromatic rings. The number of benzene rings is 1. The van der Waals surface area contributed by atoms with Crippen LogP contribution in [-0.2, 0) is 0 Å². The van der Waals surface area contributed by atoms with E-state index in [1.165, 1.54) is 3.57 Å². The van der Waals surface area contributed by atoms with Gasteiger partial charge in [-0.3, -0.25) is 4.57 Å². The lowest BCUT2D eigenvalue weighted by molar-refractivity contribution is 1.02. The number of nitrogens with zero attached hydrogens (tertiary/aromatic N) is 2. The maximum Gasteiger partial charge on any atom is 0.207 e. The van der Waals surface area contributed by atoms with E-state index in [1.54, 1.807) is 6.20 Å². The molecule has 0 atom stereocenters. The minimum absolute atomic E-state index is 0.876. The van der Waals surface area contributed by atoms with E-state index in [2.05, 4.69) is 58.0 Å². The van der Waals surface area contributed by atoms with Crippen molar-refractivity contribution in [3.8, 4) is 5.69 Å². The van der Waals surface area contributed by atoms with Crippen LogP contribution in [0, 0.1) is 3.57 Å². The Hall–Kier alpha value is -1.04. The number of nitrogens with one attached hydrogen (secondary N) is 1. The molecule has 0 aliphatic heterocycles. The average Bonchev–Trinajstić information content (AvgIpc) is 2.66. The summed E-state index contributed by atoms with van der Waals surface area (Å²) in [5, 5.41) is 3.22. The fraction of sp³-hybridized carbons (Fsp3) is 0.182. The molecule has 0 aliphatic rings. The highest BCUT2D eigenvalue weighted by molar-refractivity contribution is 14.1. The van der Waals surface area contributed by atoms with Gasteiger partial charge in [-0.1, -0.05) is 6.07 Å². The van der Waals surface area contributed by atoms with E-state index in [1.807, 2.05) is 16.8 Å². The summed E-state index contributed by atoms with van der Waals surface area (Å²) in [6.07, 6.45) is 3.77. The van der Waals surface area contributed by atoms with E-state index in [0.29, 0.717) is 0 Å². The van der Waals surface area contributed by atoms with E-state index >= 15 is 0 Å². The number of hydrogen-bond acceptors (Lipinski definition) is 2. The molecular weight excluding hydrogens is 301 g/mol. The normalized spacial score (nSPS) is 10.3. The summed E-state index contributed by atoms with van der Waals surface area (Å²) >= 11 is 2.31. The summed E-state index contributed by atoms with van der Waals surface area (Å²) in [5.41, 5.74) is 1.13. The van der Waals surface area contributed by atoms with Crippen molar-refractivity contribution >= 4 is 28.5 Å². The Morgan fingerprint density at radius 1 is 1.47 bits per heavy atom. The molecule has 0 bridgehead atoms. The molecule has 1 N–H and O–H groups in total. The highest BCUT2D eigenvalue weighted by Gasteiger charge is 2.03. The van der Waals surface area contributed by atoms with Crippen LogP contribution in [-0.4, -0.2) is 16.1 Å². The quantitative estimate of drug-likeness (QED) is 0.883. The molecule has 0 saturated carbocycles. The van der Waals surface area contributed by atoms with Crippen molar-refractivity contribution in [2.75, 3.05) is 11.9 Å². The molecular formula is C11H12IN3. The summed E-state index contributed by atoms with van der Waals surface area (Å²) in [5.74, 6) is 0.888. The predicted molar refractivity (Wildman–Crippen MR) is 70.4 cm³/mol. The molecule has 0 saturated heterocycles. The molecule has 3 nitrogen and oxygen atoms in total. The number of imidazole rings is 1. The Morgan fingerprint density at radius 2 is 2.33 bits per heavy atom. The number of halogens is 1. The Labute approximate surface area is 103 Å². The lowest BCUT2D eigenvalue weighted by Crippen LogP contribution is -2.04. The van der Waals surface area contributed by atoms with Crippen molar-refractivity contribution in [2.45, 2.75) is 6.92 Å². The van der Waals surface area contributed by atoms with Crippen LogP contribution in [0.1, 0.15) is 6.92 Å². The highest BCUT2D eigenvalue weighted by Crippen LogP contribution is 2.16. The molecule has 0 aliphatic carbocycles. The SMILES string of the molecule is CCNc1nccn1-c1cccc(I)c1. The van der Waals surface area contributed by atoms with Crippen LogP contribution in [0.3, 0.4) is 0 Å². The third-order valence-electron chi connectivity index (χ3n) is 2.06. The van der Waals surface area contributed by atoms with Gasteiger partial charge in [0.15, 0.2) is 0 Å². The molecule has 1 heterocycles. The van der Waals surface area contributed by atoms with E-state index in [-0.39, 0.29) is 0 Å². The van der Waals surface area contributed by atoms with Crippen LogP contribution < -0.4 is 5.32 Å². The Kier molecular flexibility index (Phi) is 3.25. The van der Waals surface area contributed by atoms with Gasteiger partial charge in [0.05, 0.1) is 0 Å². The minimum Gasteiger partial charge on any atom is -0.356 e. The molecule has 0 radical (unpaired) electrons. The first-order chi connectivity index (χ1) is 7.31. The van der Waals surface area contributed by atoms with Gasteiger partial charge in [-0.15, -0.1) is 0 Å². The molecule has 1 aromatic heterocycles. The smallest absolute Gasteiger partial charge is 0.207 e. The first kappa shape index (κ1) is 10.5. The van der Waals surface area contributed by atoms with Crippen LogP contribution in [0.15, 0.2) is 36.7 Å². The van der Waals surface area contributed by atoms with Gasteiger partial charge in [-0.25, -0.2) is 4.98 Å². The van der Waals surface area contributed by atoms with Gasteiger partial charge in [-0.2, -0.15) is 0 Å². The Morgan fingerprint density at radius 3 is 3.07 bits per heavy atom. The van der Waals surface area contributed by atoms with Crippen molar-refractivity contribution in [1.82, 2.24) is 9.55 Å². The third kappa shape index (κ3) is 2.31. The molecule has 2 rings (SSSR count). The first-order valence-electron chi connectivity index (χ1n) is 4.84. The molecule has 0 fully saturated rings. The van der Waals surface area contributed by atoms with Crippen molar-refractivity contribution in [3.05, 3.63) is 40.2 Å². The molecule has 0 unspecified atom stereocenters. The standard InChI is InChI=1S/C11H12IN3/c1-2-13-11-14-6-7-15(11)10-5-3-4-9(12)8-10/h3-8H,2H2,1H3,(H,13,14). The van der Waals surface area contributed by atoms with E-state index in [9.17, 15) is 0 Å². The molecule has 1 aromatic carbocycles. The fourth-order valence-electron chi connectivity index (χ4n) is 1.43. The van der Waals surface area contributed by atoms with Crippen molar-refractivity contribution < 1.29 is 0 Å². The third-order valence-corrected chi connectivity index (χ3v) is 2.73. The minimum atomic E-state index is 0.876. The Bertz CT molecular complexity index is 451. The monoisotopic (exact) mass is 313 g/mol. The zero-order valence-corrected chi connectivity index (χ0v) is 10.6. The van der Waals surface area contributed by atoms with Crippen LogP contribution >= 0.6 is 22.6 Å². The lowest BCUT2D eigenvalue weighted by Gasteiger charge is -2.08. The summed E-state index contributed by atoms with van der Waals surface area (Å²) in [4.78, 5) is 4.26. The highest BCUT2D eigenvalue weighted by atomic mass is 127.